The van der Waals surface area contributed by atoms with Gasteiger partial charge in [-0.05, 0) is 35.6 Å². The molecule has 0 aliphatic rings. The van der Waals surface area contributed by atoms with Gasteiger partial charge in [0, 0.05) is 6.42 Å². The van der Waals surface area contributed by atoms with Gasteiger partial charge in [0.25, 0.3) is 0 Å². The van der Waals surface area contributed by atoms with Crippen molar-refractivity contribution < 1.29 is 24.2 Å². The Balaban J connectivity index is 2.00. The van der Waals surface area contributed by atoms with Gasteiger partial charge in [-0.1, -0.05) is 56.3 Å². The fourth-order valence-electron chi connectivity index (χ4n) is 3.03. The summed E-state index contributed by atoms with van der Waals surface area (Å²) in [7, 11) is 0. The second-order valence-electron chi connectivity index (χ2n) is 7.80. The van der Waals surface area contributed by atoms with Gasteiger partial charge in [-0.25, -0.2) is 9.59 Å². The summed E-state index contributed by atoms with van der Waals surface area (Å²) in [5.41, 5.74) is 1.92. The van der Waals surface area contributed by atoms with Crippen LogP contribution < -0.4 is 10.6 Å². The molecule has 0 aromatic heterocycles. The number of nitrogens with one attached hydrogen (secondary N) is 2. The van der Waals surface area contributed by atoms with Crippen molar-refractivity contribution >= 4 is 18.0 Å². The van der Waals surface area contributed by atoms with Gasteiger partial charge >= 0.3 is 12.1 Å². The Kier molecular flexibility index (Phi) is 9.23. The monoisotopic (exact) mass is 437 g/mol. The molecule has 0 fully saturated rings. The number of alkyl carbamates (subject to hydrolysis) is 1. The van der Waals surface area contributed by atoms with E-state index in [2.05, 4.69) is 10.6 Å². The average Bonchev–Trinajstić information content (AvgIpc) is 2.77. The van der Waals surface area contributed by atoms with E-state index in [1.807, 2.05) is 50.2 Å². The van der Waals surface area contributed by atoms with Crippen molar-refractivity contribution in [2.24, 2.45) is 5.92 Å². The number of benzene rings is 2. The van der Waals surface area contributed by atoms with Gasteiger partial charge in [0.1, 0.15) is 18.7 Å². The van der Waals surface area contributed by atoms with E-state index < -0.39 is 30.1 Å². The van der Waals surface area contributed by atoms with Crippen LogP contribution in [-0.2, 0) is 27.4 Å². The van der Waals surface area contributed by atoms with Crippen LogP contribution in [0.2, 0.25) is 0 Å². The van der Waals surface area contributed by atoms with E-state index in [4.69, 9.17) is 10.00 Å². The third-order valence-corrected chi connectivity index (χ3v) is 4.67. The van der Waals surface area contributed by atoms with Crippen molar-refractivity contribution in [2.45, 2.75) is 45.4 Å². The lowest BCUT2D eigenvalue weighted by atomic mass is 10.0. The van der Waals surface area contributed by atoms with Gasteiger partial charge in [0.2, 0.25) is 5.91 Å². The SMILES string of the molecule is CC(C)C[C@H](NC(=O)OCc1ccccc1)C(=O)N[C@H](Cc1ccc(C#N)cc1)C(=O)O. The van der Waals surface area contributed by atoms with E-state index in [1.165, 1.54) is 0 Å². The van der Waals surface area contributed by atoms with Gasteiger partial charge in [-0.3, -0.25) is 4.79 Å². The molecule has 0 radical (unpaired) electrons. The molecule has 0 spiro atoms. The number of rotatable bonds is 10. The molecule has 8 heteroatoms. The maximum Gasteiger partial charge on any atom is 0.408 e. The lowest BCUT2D eigenvalue weighted by Gasteiger charge is -2.22. The molecule has 2 aromatic rings. The third kappa shape index (κ3) is 8.11. The summed E-state index contributed by atoms with van der Waals surface area (Å²) >= 11 is 0. The number of hydrogen-bond acceptors (Lipinski definition) is 5. The molecule has 0 aliphatic heterocycles. The van der Waals surface area contributed by atoms with Crippen molar-refractivity contribution in [1.29, 1.82) is 5.26 Å². The first-order valence-corrected chi connectivity index (χ1v) is 10.3. The highest BCUT2D eigenvalue weighted by atomic mass is 16.5. The Hall–Kier alpha value is -3.86. The Bertz CT molecular complexity index is 952. The van der Waals surface area contributed by atoms with Crippen molar-refractivity contribution in [2.75, 3.05) is 0 Å². The smallest absolute Gasteiger partial charge is 0.408 e. The molecule has 2 aromatic carbocycles. The van der Waals surface area contributed by atoms with Crippen molar-refractivity contribution in [1.82, 2.24) is 10.6 Å². The molecule has 0 saturated carbocycles. The predicted molar refractivity (Wildman–Crippen MR) is 117 cm³/mol. The lowest BCUT2D eigenvalue weighted by Crippen LogP contribution is -2.52. The zero-order chi connectivity index (χ0) is 23.5. The minimum absolute atomic E-state index is 0.0413. The van der Waals surface area contributed by atoms with Crippen LogP contribution >= 0.6 is 0 Å². The number of carbonyl (C=O) groups is 3. The largest absolute Gasteiger partial charge is 0.480 e. The summed E-state index contributed by atoms with van der Waals surface area (Å²) < 4.78 is 5.19. The number of aliphatic carboxylic acids is 1. The fourth-order valence-corrected chi connectivity index (χ4v) is 3.03. The zero-order valence-corrected chi connectivity index (χ0v) is 18.1. The van der Waals surface area contributed by atoms with Gasteiger partial charge in [-0.2, -0.15) is 5.26 Å². The maximum absolute atomic E-state index is 12.8. The van der Waals surface area contributed by atoms with Crippen LogP contribution in [-0.4, -0.2) is 35.2 Å². The number of ether oxygens (including phenoxy) is 1. The van der Waals surface area contributed by atoms with Crippen molar-refractivity contribution in [3.8, 4) is 6.07 Å². The molecule has 0 bridgehead atoms. The second kappa shape index (κ2) is 12.1. The maximum atomic E-state index is 12.8. The molecule has 8 nitrogen and oxygen atoms in total. The van der Waals surface area contributed by atoms with Crippen LogP contribution in [0.3, 0.4) is 0 Å². The summed E-state index contributed by atoms with van der Waals surface area (Å²) in [4.78, 5) is 36.7. The number of nitrogens with zero attached hydrogens (tertiary/aromatic N) is 1. The summed E-state index contributed by atoms with van der Waals surface area (Å²) in [6.45, 7) is 3.84. The molecular weight excluding hydrogens is 410 g/mol. The summed E-state index contributed by atoms with van der Waals surface area (Å²) in [6, 6.07) is 15.4. The van der Waals surface area contributed by atoms with Gasteiger partial charge in [0.05, 0.1) is 11.6 Å². The second-order valence-corrected chi connectivity index (χ2v) is 7.80. The molecule has 2 amide bonds. The van der Waals surface area contributed by atoms with E-state index in [-0.39, 0.29) is 18.9 Å². The molecule has 0 saturated heterocycles. The van der Waals surface area contributed by atoms with Crippen LogP contribution in [0, 0.1) is 17.2 Å². The lowest BCUT2D eigenvalue weighted by molar-refractivity contribution is -0.142. The highest BCUT2D eigenvalue weighted by Gasteiger charge is 2.27. The molecule has 3 N–H and O–H groups in total. The highest BCUT2D eigenvalue weighted by molar-refractivity contribution is 5.89. The summed E-state index contributed by atoms with van der Waals surface area (Å²) in [6.07, 6.45) is -0.400. The highest BCUT2D eigenvalue weighted by Crippen LogP contribution is 2.10. The molecule has 32 heavy (non-hydrogen) atoms. The van der Waals surface area contributed by atoms with Gasteiger partial charge in [0.15, 0.2) is 0 Å². The first-order valence-electron chi connectivity index (χ1n) is 10.3. The minimum Gasteiger partial charge on any atom is -0.480 e. The molecule has 2 atom stereocenters. The number of carboxylic acid groups (broad SMARTS) is 1. The molecule has 168 valence electrons. The molecule has 0 unspecified atom stereocenters. The molecule has 0 aliphatic carbocycles. The van der Waals surface area contributed by atoms with E-state index in [9.17, 15) is 19.5 Å². The van der Waals surface area contributed by atoms with Crippen LogP contribution in [0.1, 0.15) is 37.0 Å². The predicted octanol–water partition coefficient (Wildman–Crippen LogP) is 3.01. The summed E-state index contributed by atoms with van der Waals surface area (Å²) in [5.74, 6) is -1.73. The van der Waals surface area contributed by atoms with Crippen molar-refractivity contribution in [3.63, 3.8) is 0 Å². The number of amides is 2. The first kappa shape index (κ1) is 24.4. The van der Waals surface area contributed by atoms with Gasteiger partial charge in [-0.15, -0.1) is 0 Å². The fraction of sp³-hybridized carbons (Fsp3) is 0.333. The zero-order valence-electron chi connectivity index (χ0n) is 18.1. The number of carboxylic acids is 1. The van der Waals surface area contributed by atoms with Crippen LogP contribution in [0.5, 0.6) is 0 Å². The number of carbonyl (C=O) groups excluding carboxylic acids is 2. The normalized spacial score (nSPS) is 12.3. The number of nitriles is 1. The first-order chi connectivity index (χ1) is 15.3. The summed E-state index contributed by atoms with van der Waals surface area (Å²) in [5, 5.41) is 23.5. The quantitative estimate of drug-likeness (QED) is 0.524. The average molecular weight is 437 g/mol. The molecule has 2 rings (SSSR count). The van der Waals surface area contributed by atoms with Crippen LogP contribution in [0.25, 0.3) is 0 Å². The van der Waals surface area contributed by atoms with E-state index in [0.717, 1.165) is 5.56 Å². The van der Waals surface area contributed by atoms with Crippen LogP contribution in [0.4, 0.5) is 4.79 Å². The van der Waals surface area contributed by atoms with E-state index in [1.54, 1.807) is 24.3 Å². The molecule has 0 heterocycles. The van der Waals surface area contributed by atoms with E-state index in [0.29, 0.717) is 17.5 Å². The van der Waals surface area contributed by atoms with E-state index >= 15 is 0 Å². The Labute approximate surface area is 187 Å². The van der Waals surface area contributed by atoms with Crippen molar-refractivity contribution in [3.05, 3.63) is 71.3 Å². The molecular formula is C24H27N3O5. The Morgan fingerprint density at radius 3 is 2.19 bits per heavy atom. The minimum atomic E-state index is -1.20. The van der Waals surface area contributed by atoms with Gasteiger partial charge < -0.3 is 20.5 Å². The Morgan fingerprint density at radius 1 is 0.969 bits per heavy atom. The topological polar surface area (TPSA) is 129 Å². The Morgan fingerprint density at radius 2 is 1.62 bits per heavy atom. The third-order valence-electron chi connectivity index (χ3n) is 4.67. The van der Waals surface area contributed by atoms with Crippen LogP contribution in [0.15, 0.2) is 54.6 Å². The standard InChI is InChI=1S/C24H27N3O5/c1-16(2)12-20(27-24(31)32-15-19-6-4-3-5-7-19)22(28)26-21(23(29)30)13-17-8-10-18(14-25)11-9-17/h3-11,16,20-21H,12-13,15H2,1-2H3,(H,26,28)(H,27,31)(H,29,30)/t20-,21+/m0/s1. The number of hydrogen-bond donors (Lipinski definition) is 3.